The first kappa shape index (κ1) is 21.5. The Hall–Kier alpha value is -2.74. The number of carbonyl (C=O) groups excluding carboxylic acids is 1. The van der Waals surface area contributed by atoms with Crippen molar-refractivity contribution in [2.24, 2.45) is 0 Å². The summed E-state index contributed by atoms with van der Waals surface area (Å²) in [5.41, 5.74) is 3.53. The van der Waals surface area contributed by atoms with Gasteiger partial charge in [0.15, 0.2) is 11.5 Å². The van der Waals surface area contributed by atoms with Gasteiger partial charge in [-0.1, -0.05) is 6.07 Å². The molecule has 0 unspecified atom stereocenters. The smallest absolute Gasteiger partial charge is 0.244 e. The van der Waals surface area contributed by atoms with Crippen molar-refractivity contribution >= 4 is 5.91 Å². The highest BCUT2D eigenvalue weighted by molar-refractivity contribution is 5.76. The second kappa shape index (κ2) is 9.60. The molecule has 8 nitrogen and oxygen atoms in total. The number of carbonyl (C=O) groups is 1. The zero-order valence-corrected chi connectivity index (χ0v) is 18.7. The van der Waals surface area contributed by atoms with E-state index in [9.17, 15) is 4.79 Å². The van der Waals surface area contributed by atoms with Crippen LogP contribution in [0, 0.1) is 0 Å². The van der Waals surface area contributed by atoms with Crippen molar-refractivity contribution < 1.29 is 19.0 Å². The van der Waals surface area contributed by atoms with E-state index in [2.05, 4.69) is 16.2 Å². The molecule has 1 fully saturated rings. The van der Waals surface area contributed by atoms with E-state index in [0.29, 0.717) is 23.8 Å². The van der Waals surface area contributed by atoms with E-state index in [1.54, 1.807) is 21.3 Å². The van der Waals surface area contributed by atoms with Crippen LogP contribution in [0.25, 0.3) is 0 Å². The van der Waals surface area contributed by atoms with Crippen LogP contribution in [0.5, 0.6) is 17.2 Å². The molecule has 31 heavy (non-hydrogen) atoms. The largest absolute Gasteiger partial charge is 0.493 e. The van der Waals surface area contributed by atoms with Gasteiger partial charge in [-0.15, -0.1) is 0 Å². The molecule has 2 aliphatic rings. The van der Waals surface area contributed by atoms with E-state index in [4.69, 9.17) is 14.2 Å². The Kier molecular flexibility index (Phi) is 6.65. The van der Waals surface area contributed by atoms with E-state index in [1.807, 2.05) is 21.7 Å². The van der Waals surface area contributed by atoms with Crippen LogP contribution in [0.1, 0.15) is 29.7 Å². The van der Waals surface area contributed by atoms with Crippen molar-refractivity contribution in [2.75, 3.05) is 47.5 Å². The normalized spacial score (nSPS) is 16.7. The molecule has 1 amide bonds. The monoisotopic (exact) mass is 428 g/mol. The lowest BCUT2D eigenvalue weighted by Crippen LogP contribution is -2.49. The molecule has 1 saturated heterocycles. The second-order valence-electron chi connectivity index (χ2n) is 8.16. The number of hydrogen-bond donors (Lipinski definition) is 0. The van der Waals surface area contributed by atoms with E-state index in [1.165, 1.54) is 24.1 Å². The van der Waals surface area contributed by atoms with Gasteiger partial charge in [-0.3, -0.25) is 14.4 Å². The summed E-state index contributed by atoms with van der Waals surface area (Å²) in [6.45, 7) is 4.14. The van der Waals surface area contributed by atoms with Crippen molar-refractivity contribution in [3.05, 3.63) is 35.2 Å². The first-order chi connectivity index (χ1) is 15.1. The number of aryl methyl sites for hydroxylation is 2. The highest BCUT2D eigenvalue weighted by Gasteiger charge is 2.24. The topological polar surface area (TPSA) is 69.1 Å². The molecular formula is C23H32N4O4. The summed E-state index contributed by atoms with van der Waals surface area (Å²) in [5.74, 6) is 2.10. The van der Waals surface area contributed by atoms with Crippen LogP contribution in [0.3, 0.4) is 0 Å². The van der Waals surface area contributed by atoms with Gasteiger partial charge in [-0.2, -0.15) is 5.10 Å². The summed E-state index contributed by atoms with van der Waals surface area (Å²) in [7, 11) is 4.88. The number of hydrogen-bond acceptors (Lipinski definition) is 6. The summed E-state index contributed by atoms with van der Waals surface area (Å²) < 4.78 is 18.3. The van der Waals surface area contributed by atoms with Gasteiger partial charge in [0.2, 0.25) is 11.7 Å². The molecule has 1 aliphatic carbocycles. The van der Waals surface area contributed by atoms with Gasteiger partial charge in [-0.25, -0.2) is 0 Å². The fourth-order valence-electron chi connectivity index (χ4n) is 4.53. The van der Waals surface area contributed by atoms with Crippen molar-refractivity contribution in [1.29, 1.82) is 0 Å². The molecule has 0 saturated carbocycles. The molecule has 1 aromatic heterocycles. The fraction of sp³-hybridized carbons (Fsp3) is 0.565. The molecule has 0 bridgehead atoms. The SMILES string of the molecule is COc1ccc(CN2CCN(C(=O)Cn3cc4c(n3)CCCC4)CC2)c(OC)c1OC. The minimum absolute atomic E-state index is 0.142. The second-order valence-corrected chi connectivity index (χ2v) is 8.16. The lowest BCUT2D eigenvalue weighted by Gasteiger charge is -2.35. The Balaban J connectivity index is 1.33. The average molecular weight is 429 g/mol. The third kappa shape index (κ3) is 4.63. The molecule has 4 rings (SSSR count). The van der Waals surface area contributed by atoms with Crippen molar-refractivity contribution in [1.82, 2.24) is 19.6 Å². The molecule has 0 atom stereocenters. The van der Waals surface area contributed by atoms with Crippen molar-refractivity contribution in [3.8, 4) is 17.2 Å². The van der Waals surface area contributed by atoms with E-state index in [0.717, 1.165) is 51.1 Å². The quantitative estimate of drug-likeness (QED) is 0.673. The maximum absolute atomic E-state index is 12.8. The lowest BCUT2D eigenvalue weighted by atomic mass is 9.99. The van der Waals surface area contributed by atoms with E-state index in [-0.39, 0.29) is 5.91 Å². The van der Waals surface area contributed by atoms with Crippen molar-refractivity contribution in [2.45, 2.75) is 38.8 Å². The van der Waals surface area contributed by atoms with Gasteiger partial charge in [-0.05, 0) is 37.3 Å². The highest BCUT2D eigenvalue weighted by Crippen LogP contribution is 2.40. The Labute approximate surface area is 183 Å². The fourth-order valence-corrected chi connectivity index (χ4v) is 4.53. The van der Waals surface area contributed by atoms with Gasteiger partial charge in [0.25, 0.3) is 0 Å². The highest BCUT2D eigenvalue weighted by atomic mass is 16.5. The van der Waals surface area contributed by atoms with E-state index >= 15 is 0 Å². The number of nitrogens with zero attached hydrogens (tertiary/aromatic N) is 4. The number of aromatic nitrogens is 2. The summed E-state index contributed by atoms with van der Waals surface area (Å²) in [6, 6.07) is 3.91. The van der Waals surface area contributed by atoms with E-state index < -0.39 is 0 Å². The molecule has 2 aromatic rings. The number of ether oxygens (including phenoxy) is 3. The maximum atomic E-state index is 12.8. The molecule has 8 heteroatoms. The minimum atomic E-state index is 0.142. The predicted molar refractivity (Wildman–Crippen MR) is 117 cm³/mol. The summed E-state index contributed by atoms with van der Waals surface area (Å²) >= 11 is 0. The standard InChI is InChI=1S/C23H32N4O4/c1-29-20-9-8-18(22(30-2)23(20)31-3)14-25-10-12-26(13-11-25)21(28)16-27-15-17-6-4-5-7-19(17)24-27/h8-9,15H,4-7,10-14,16H2,1-3H3. The lowest BCUT2D eigenvalue weighted by molar-refractivity contribution is -0.133. The number of piperazine rings is 1. The predicted octanol–water partition coefficient (Wildman–Crippen LogP) is 2.13. The first-order valence-electron chi connectivity index (χ1n) is 11.0. The van der Waals surface area contributed by atoms with Gasteiger partial charge in [0.05, 0.1) is 27.0 Å². The molecule has 2 heterocycles. The molecule has 1 aliphatic heterocycles. The van der Waals surface area contributed by atoms with Crippen LogP contribution < -0.4 is 14.2 Å². The zero-order valence-electron chi connectivity index (χ0n) is 18.7. The van der Waals surface area contributed by atoms with Gasteiger partial charge >= 0.3 is 0 Å². The third-order valence-electron chi connectivity index (χ3n) is 6.24. The number of methoxy groups -OCH3 is 3. The Morgan fingerprint density at radius 1 is 0.968 bits per heavy atom. The Morgan fingerprint density at radius 2 is 1.71 bits per heavy atom. The first-order valence-corrected chi connectivity index (χ1v) is 11.0. The van der Waals surface area contributed by atoms with Crippen LogP contribution in [0.2, 0.25) is 0 Å². The van der Waals surface area contributed by atoms with Gasteiger partial charge in [0.1, 0.15) is 6.54 Å². The molecule has 0 N–H and O–H groups in total. The number of benzene rings is 1. The molecule has 0 spiro atoms. The van der Waals surface area contributed by atoms with Crippen LogP contribution >= 0.6 is 0 Å². The van der Waals surface area contributed by atoms with Crippen molar-refractivity contribution in [3.63, 3.8) is 0 Å². The van der Waals surface area contributed by atoms with Crippen LogP contribution in [-0.2, 0) is 30.7 Å². The number of rotatable bonds is 7. The molecule has 1 aromatic carbocycles. The Morgan fingerprint density at radius 3 is 2.39 bits per heavy atom. The van der Waals surface area contributed by atoms with Gasteiger partial charge in [0, 0.05) is 44.5 Å². The number of amides is 1. The van der Waals surface area contributed by atoms with Crippen LogP contribution in [0.15, 0.2) is 18.3 Å². The maximum Gasteiger partial charge on any atom is 0.244 e. The molecular weight excluding hydrogens is 396 g/mol. The summed E-state index contributed by atoms with van der Waals surface area (Å²) in [4.78, 5) is 17.1. The molecule has 168 valence electrons. The van der Waals surface area contributed by atoms with Crippen LogP contribution in [-0.4, -0.2) is 73.0 Å². The zero-order chi connectivity index (χ0) is 21.8. The van der Waals surface area contributed by atoms with Gasteiger partial charge < -0.3 is 19.1 Å². The average Bonchev–Trinajstić information content (AvgIpc) is 3.21. The molecule has 0 radical (unpaired) electrons. The summed E-state index contributed by atoms with van der Waals surface area (Å²) in [6.07, 6.45) is 6.60. The van der Waals surface area contributed by atoms with Crippen LogP contribution in [0.4, 0.5) is 0 Å². The Bertz CT molecular complexity index is 895. The minimum Gasteiger partial charge on any atom is -0.493 e. The third-order valence-corrected chi connectivity index (χ3v) is 6.24. The number of fused-ring (bicyclic) bond motifs is 1. The summed E-state index contributed by atoms with van der Waals surface area (Å²) in [5, 5.41) is 4.63.